The third kappa shape index (κ3) is 3.05. The van der Waals surface area contributed by atoms with Crippen LogP contribution in [0.2, 0.25) is 0 Å². The van der Waals surface area contributed by atoms with Gasteiger partial charge in [0.15, 0.2) is 0 Å². The van der Waals surface area contributed by atoms with Crippen LogP contribution in [0.4, 0.5) is 10.1 Å². The third-order valence-corrected chi connectivity index (χ3v) is 2.40. The lowest BCUT2D eigenvalue weighted by Gasteiger charge is -2.07. The molecule has 6 heteroatoms. The van der Waals surface area contributed by atoms with Gasteiger partial charge in [-0.1, -0.05) is 12.1 Å². The van der Waals surface area contributed by atoms with Gasteiger partial charge < -0.3 is 9.84 Å². The molecule has 0 spiro atoms. The maximum absolute atomic E-state index is 13.3. The minimum atomic E-state index is -0.583. The van der Waals surface area contributed by atoms with E-state index in [9.17, 15) is 14.5 Å². The van der Waals surface area contributed by atoms with Crippen molar-refractivity contribution in [2.24, 2.45) is 0 Å². The Morgan fingerprint density at radius 3 is 2.68 bits per heavy atom. The highest BCUT2D eigenvalue weighted by Crippen LogP contribution is 2.31. The Balaban J connectivity index is 2.36. The Hall–Kier alpha value is -2.47. The van der Waals surface area contributed by atoms with Crippen molar-refractivity contribution in [1.29, 1.82) is 0 Å². The van der Waals surface area contributed by atoms with Crippen LogP contribution in [0.1, 0.15) is 5.56 Å². The van der Waals surface area contributed by atoms with Gasteiger partial charge in [0.25, 0.3) is 0 Å². The van der Waals surface area contributed by atoms with Crippen LogP contribution in [0.25, 0.3) is 0 Å². The van der Waals surface area contributed by atoms with Gasteiger partial charge in [-0.2, -0.15) is 0 Å². The van der Waals surface area contributed by atoms with E-state index in [0.717, 1.165) is 12.1 Å². The third-order valence-electron chi connectivity index (χ3n) is 2.40. The molecule has 0 aliphatic carbocycles. The number of nitro benzene ring substituents is 1. The maximum atomic E-state index is 13.3. The molecule has 2 rings (SSSR count). The quantitative estimate of drug-likeness (QED) is 0.679. The van der Waals surface area contributed by atoms with E-state index in [4.69, 9.17) is 9.84 Å². The first-order valence-corrected chi connectivity index (χ1v) is 5.42. The van der Waals surface area contributed by atoms with Crippen molar-refractivity contribution < 1.29 is 19.2 Å². The Bertz CT molecular complexity index is 615. The monoisotopic (exact) mass is 263 g/mol. The number of halogens is 1. The largest absolute Gasteiger partial charge is 0.450 e. The highest BCUT2D eigenvalue weighted by Gasteiger charge is 2.14. The number of para-hydroxylation sites is 2. The van der Waals surface area contributed by atoms with Gasteiger partial charge in [-0.15, -0.1) is 0 Å². The number of benzene rings is 2. The molecule has 0 saturated carbocycles. The molecule has 0 amide bonds. The van der Waals surface area contributed by atoms with E-state index >= 15 is 0 Å². The van der Waals surface area contributed by atoms with Crippen molar-refractivity contribution in [2.45, 2.75) is 6.61 Å². The molecule has 0 radical (unpaired) electrons. The second kappa shape index (κ2) is 5.45. The molecule has 0 saturated heterocycles. The normalized spacial score (nSPS) is 10.2. The molecule has 0 aliphatic rings. The summed E-state index contributed by atoms with van der Waals surface area (Å²) in [5.74, 6) is -0.472. The van der Waals surface area contributed by atoms with Gasteiger partial charge >= 0.3 is 5.69 Å². The zero-order chi connectivity index (χ0) is 13.8. The summed E-state index contributed by atoms with van der Waals surface area (Å²) in [5.41, 5.74) is 0.117. The van der Waals surface area contributed by atoms with E-state index < -0.39 is 10.7 Å². The lowest BCUT2D eigenvalue weighted by molar-refractivity contribution is -0.385. The number of rotatable bonds is 4. The second-order valence-electron chi connectivity index (χ2n) is 3.78. The molecule has 0 fully saturated rings. The first-order chi connectivity index (χ1) is 9.10. The Labute approximate surface area is 108 Å². The highest BCUT2D eigenvalue weighted by molar-refractivity contribution is 5.48. The summed E-state index contributed by atoms with van der Waals surface area (Å²) in [6.45, 7) is -0.342. The number of nitro groups is 1. The molecule has 0 unspecified atom stereocenters. The second-order valence-corrected chi connectivity index (χ2v) is 3.78. The van der Waals surface area contributed by atoms with Gasteiger partial charge in [0.1, 0.15) is 11.6 Å². The van der Waals surface area contributed by atoms with Crippen LogP contribution >= 0.6 is 0 Å². The fraction of sp³-hybridized carbons (Fsp3) is 0.0769. The fourth-order valence-electron chi connectivity index (χ4n) is 1.59. The molecule has 19 heavy (non-hydrogen) atoms. The van der Waals surface area contributed by atoms with Gasteiger partial charge in [-0.25, -0.2) is 4.39 Å². The predicted molar refractivity (Wildman–Crippen MR) is 65.5 cm³/mol. The Morgan fingerprint density at radius 1 is 1.26 bits per heavy atom. The first-order valence-electron chi connectivity index (χ1n) is 5.42. The summed E-state index contributed by atoms with van der Waals surface area (Å²) in [4.78, 5) is 10.2. The van der Waals surface area contributed by atoms with Crippen LogP contribution in [-0.2, 0) is 6.61 Å². The molecule has 1 N–H and O–H groups in total. The number of hydrogen-bond acceptors (Lipinski definition) is 4. The topological polar surface area (TPSA) is 72.6 Å². The average Bonchev–Trinajstić information content (AvgIpc) is 2.38. The van der Waals surface area contributed by atoms with Crippen molar-refractivity contribution in [1.82, 2.24) is 0 Å². The van der Waals surface area contributed by atoms with Crippen molar-refractivity contribution >= 4 is 5.69 Å². The van der Waals surface area contributed by atoms with Crippen molar-refractivity contribution in [3.05, 3.63) is 64.0 Å². The predicted octanol–water partition coefficient (Wildman–Crippen LogP) is 3.02. The highest BCUT2D eigenvalue weighted by atomic mass is 19.1. The number of aliphatic hydroxyl groups is 1. The van der Waals surface area contributed by atoms with E-state index in [1.165, 1.54) is 24.3 Å². The van der Waals surface area contributed by atoms with Crippen LogP contribution in [-0.4, -0.2) is 10.0 Å². The lowest BCUT2D eigenvalue weighted by atomic mass is 10.2. The minimum absolute atomic E-state index is 0.0157. The molecule has 0 aliphatic heterocycles. The Morgan fingerprint density at radius 2 is 2.00 bits per heavy atom. The summed E-state index contributed by atoms with van der Waals surface area (Å²) in [5, 5.41) is 19.8. The summed E-state index contributed by atoms with van der Waals surface area (Å²) in [6.07, 6.45) is 0. The maximum Gasteiger partial charge on any atom is 0.311 e. The summed E-state index contributed by atoms with van der Waals surface area (Å²) in [7, 11) is 0. The van der Waals surface area contributed by atoms with Gasteiger partial charge in [-0.05, 0) is 23.8 Å². The van der Waals surface area contributed by atoms with Crippen LogP contribution in [0.5, 0.6) is 11.5 Å². The Kier molecular flexibility index (Phi) is 3.72. The molecule has 0 heterocycles. The first kappa shape index (κ1) is 13.0. The van der Waals surface area contributed by atoms with Crippen molar-refractivity contribution in [2.75, 3.05) is 0 Å². The molecular formula is C13H10FNO4. The van der Waals surface area contributed by atoms with Crippen LogP contribution in [0.3, 0.4) is 0 Å². The van der Waals surface area contributed by atoms with Crippen molar-refractivity contribution in [3.8, 4) is 11.5 Å². The number of nitrogens with zero attached hydrogens (tertiary/aromatic N) is 1. The van der Waals surface area contributed by atoms with E-state index in [0.29, 0.717) is 5.56 Å². The fourth-order valence-corrected chi connectivity index (χ4v) is 1.59. The van der Waals surface area contributed by atoms with Crippen LogP contribution in [0, 0.1) is 15.9 Å². The molecule has 2 aromatic carbocycles. The number of aliphatic hydroxyl groups excluding tert-OH is 1. The lowest BCUT2D eigenvalue weighted by Crippen LogP contribution is -1.94. The molecule has 5 nitrogen and oxygen atoms in total. The van der Waals surface area contributed by atoms with E-state index in [-0.39, 0.29) is 23.8 Å². The van der Waals surface area contributed by atoms with Gasteiger partial charge in [0.2, 0.25) is 5.75 Å². The molecule has 0 aromatic heterocycles. The van der Waals surface area contributed by atoms with E-state index in [1.54, 1.807) is 6.07 Å². The van der Waals surface area contributed by atoms with Crippen molar-refractivity contribution in [3.63, 3.8) is 0 Å². The van der Waals surface area contributed by atoms with Gasteiger partial charge in [-0.3, -0.25) is 10.1 Å². The van der Waals surface area contributed by atoms with Crippen LogP contribution in [0.15, 0.2) is 42.5 Å². The van der Waals surface area contributed by atoms with Gasteiger partial charge in [0, 0.05) is 12.1 Å². The molecule has 0 bridgehead atoms. The molecule has 2 aromatic rings. The summed E-state index contributed by atoms with van der Waals surface area (Å²) in [6, 6.07) is 9.47. The standard InChI is InChI=1S/C13H10FNO4/c14-10-5-9(8-16)6-11(7-10)19-13-4-2-1-3-12(13)15(17)18/h1-7,16H,8H2. The smallest absolute Gasteiger partial charge is 0.311 e. The SMILES string of the molecule is O=[N+]([O-])c1ccccc1Oc1cc(F)cc(CO)c1. The number of ether oxygens (including phenoxy) is 1. The zero-order valence-electron chi connectivity index (χ0n) is 9.75. The molecular weight excluding hydrogens is 253 g/mol. The van der Waals surface area contributed by atoms with E-state index in [2.05, 4.69) is 0 Å². The summed E-state index contributed by atoms with van der Waals surface area (Å²) >= 11 is 0. The zero-order valence-corrected chi connectivity index (χ0v) is 9.75. The van der Waals surface area contributed by atoms with Gasteiger partial charge in [0.05, 0.1) is 11.5 Å². The van der Waals surface area contributed by atoms with Crippen LogP contribution < -0.4 is 4.74 Å². The summed E-state index contributed by atoms with van der Waals surface area (Å²) < 4.78 is 18.6. The average molecular weight is 263 g/mol. The molecule has 0 atom stereocenters. The number of hydrogen-bond donors (Lipinski definition) is 1. The van der Waals surface area contributed by atoms with E-state index in [1.807, 2.05) is 0 Å². The molecule has 98 valence electrons. The minimum Gasteiger partial charge on any atom is -0.450 e.